The Hall–Kier alpha value is -2.94. The summed E-state index contributed by atoms with van der Waals surface area (Å²) in [7, 11) is 0. The average molecular weight is 472 g/mol. The van der Waals surface area contributed by atoms with Crippen LogP contribution in [0.1, 0.15) is 63.4 Å². The molecular weight excluding hydrogens is 434 g/mol. The molecule has 9 heteroatoms. The summed E-state index contributed by atoms with van der Waals surface area (Å²) in [5.41, 5.74) is 10.6. The second-order valence-corrected chi connectivity index (χ2v) is 9.63. The lowest BCUT2D eigenvalue weighted by atomic mass is 9.82. The normalized spacial score (nSPS) is 19.6. The Labute approximate surface area is 200 Å². The highest BCUT2D eigenvalue weighted by molar-refractivity contribution is 6.05. The summed E-state index contributed by atoms with van der Waals surface area (Å²) in [5, 5.41) is 8.38. The molecule has 9 nitrogen and oxygen atoms in total. The number of benzene rings is 1. The lowest BCUT2D eigenvalue weighted by Gasteiger charge is -2.31. The average Bonchev–Trinajstić information content (AvgIpc) is 3.34. The third-order valence-corrected chi connectivity index (χ3v) is 7.18. The van der Waals surface area contributed by atoms with Crippen LogP contribution in [0.2, 0.25) is 0 Å². The van der Waals surface area contributed by atoms with Crippen LogP contribution >= 0.6 is 0 Å². The van der Waals surface area contributed by atoms with Crippen molar-refractivity contribution in [3.05, 3.63) is 35.9 Å². The van der Waals surface area contributed by atoms with E-state index in [0.29, 0.717) is 25.7 Å². The molecule has 2 aliphatic rings. The Balaban J connectivity index is 1.59. The van der Waals surface area contributed by atoms with Gasteiger partial charge in [0.15, 0.2) is 0 Å². The number of hydrogen-bond acceptors (Lipinski definition) is 5. The summed E-state index contributed by atoms with van der Waals surface area (Å²) in [4.78, 5) is 50.7. The number of primary amides is 1. The molecular formula is C25H37N5O4. The molecule has 0 heterocycles. The highest BCUT2D eigenvalue weighted by atomic mass is 16.2. The summed E-state index contributed by atoms with van der Waals surface area (Å²) >= 11 is 0. The Kier molecular flexibility index (Phi) is 8.66. The molecule has 0 spiro atoms. The van der Waals surface area contributed by atoms with E-state index < -0.39 is 28.8 Å². The summed E-state index contributed by atoms with van der Waals surface area (Å²) < 4.78 is 0. The van der Waals surface area contributed by atoms with E-state index in [-0.39, 0.29) is 31.3 Å². The molecule has 2 saturated carbocycles. The number of carbonyl (C=O) groups excluding carboxylic acids is 4. The summed E-state index contributed by atoms with van der Waals surface area (Å²) in [5.74, 6) is -1.73. The van der Waals surface area contributed by atoms with Gasteiger partial charge in [0, 0.05) is 19.5 Å². The van der Waals surface area contributed by atoms with Crippen LogP contribution in [0.15, 0.2) is 30.3 Å². The predicted molar refractivity (Wildman–Crippen MR) is 128 cm³/mol. The monoisotopic (exact) mass is 471 g/mol. The number of hydrogen-bond donors (Lipinski definition) is 5. The topological polar surface area (TPSA) is 156 Å². The minimum atomic E-state index is -1.27. The van der Waals surface area contributed by atoms with Crippen molar-refractivity contribution in [3.8, 4) is 0 Å². The van der Waals surface area contributed by atoms with E-state index in [4.69, 9.17) is 11.5 Å². The highest BCUT2D eigenvalue weighted by Gasteiger charge is 2.47. The van der Waals surface area contributed by atoms with E-state index in [0.717, 1.165) is 37.7 Å². The molecule has 7 N–H and O–H groups in total. The van der Waals surface area contributed by atoms with Crippen molar-refractivity contribution in [3.63, 3.8) is 0 Å². The smallest absolute Gasteiger partial charge is 0.242 e. The van der Waals surface area contributed by atoms with Gasteiger partial charge in [0.05, 0.1) is 5.54 Å². The van der Waals surface area contributed by atoms with Gasteiger partial charge in [0.25, 0.3) is 0 Å². The molecule has 1 atom stereocenters. The first-order valence-corrected chi connectivity index (χ1v) is 12.3. The summed E-state index contributed by atoms with van der Waals surface area (Å²) in [6.45, 7) is 0.434. The Morgan fingerprint density at radius 2 is 1.41 bits per heavy atom. The first kappa shape index (κ1) is 25.7. The van der Waals surface area contributed by atoms with Gasteiger partial charge in [-0.15, -0.1) is 0 Å². The molecule has 34 heavy (non-hydrogen) atoms. The van der Waals surface area contributed by atoms with Crippen LogP contribution in [0, 0.1) is 5.41 Å². The number of carbonyl (C=O) groups is 4. The number of rotatable bonds is 10. The van der Waals surface area contributed by atoms with Gasteiger partial charge in [-0.05, 0) is 31.2 Å². The maximum atomic E-state index is 13.1. The molecule has 2 aliphatic carbocycles. The zero-order valence-electron chi connectivity index (χ0n) is 19.7. The fraction of sp³-hybridized carbons (Fsp3) is 0.600. The predicted octanol–water partition coefficient (Wildman–Crippen LogP) is 0.654. The van der Waals surface area contributed by atoms with E-state index in [2.05, 4.69) is 16.0 Å². The van der Waals surface area contributed by atoms with Crippen molar-refractivity contribution in [2.45, 2.75) is 75.8 Å². The van der Waals surface area contributed by atoms with E-state index >= 15 is 0 Å². The number of nitrogens with two attached hydrogens (primary N) is 2. The van der Waals surface area contributed by atoms with Gasteiger partial charge in [-0.25, -0.2) is 0 Å². The maximum Gasteiger partial charge on any atom is 0.242 e. The minimum Gasteiger partial charge on any atom is -0.369 e. The number of nitrogens with one attached hydrogen (secondary N) is 3. The van der Waals surface area contributed by atoms with Crippen molar-refractivity contribution < 1.29 is 19.2 Å². The van der Waals surface area contributed by atoms with E-state index in [1.165, 1.54) is 0 Å². The molecule has 4 amide bonds. The fourth-order valence-electron chi connectivity index (χ4n) is 4.99. The van der Waals surface area contributed by atoms with Gasteiger partial charge >= 0.3 is 0 Å². The maximum absolute atomic E-state index is 13.1. The molecule has 186 valence electrons. The van der Waals surface area contributed by atoms with Crippen molar-refractivity contribution in [1.29, 1.82) is 0 Å². The molecule has 0 radical (unpaired) electrons. The molecule has 3 rings (SSSR count). The summed E-state index contributed by atoms with van der Waals surface area (Å²) in [6, 6.07) is 8.46. The van der Waals surface area contributed by atoms with Crippen LogP contribution in [0.5, 0.6) is 0 Å². The molecule has 1 aromatic carbocycles. The zero-order chi connectivity index (χ0) is 24.6. The van der Waals surface area contributed by atoms with Crippen LogP contribution in [0.4, 0.5) is 0 Å². The van der Waals surface area contributed by atoms with Gasteiger partial charge in [0.1, 0.15) is 11.5 Å². The molecule has 0 saturated heterocycles. The van der Waals surface area contributed by atoms with E-state index in [1.54, 1.807) is 0 Å². The van der Waals surface area contributed by atoms with Gasteiger partial charge < -0.3 is 27.4 Å². The largest absolute Gasteiger partial charge is 0.369 e. The first-order valence-electron chi connectivity index (χ1n) is 12.3. The lowest BCUT2D eigenvalue weighted by molar-refractivity contribution is -0.143. The van der Waals surface area contributed by atoms with E-state index in [9.17, 15) is 19.2 Å². The third-order valence-electron chi connectivity index (χ3n) is 7.18. The van der Waals surface area contributed by atoms with E-state index in [1.807, 2.05) is 30.3 Å². The molecule has 2 fully saturated rings. The quantitative estimate of drug-likeness (QED) is 0.250. The summed E-state index contributed by atoms with van der Waals surface area (Å²) in [6.07, 6.45) is 6.84. The van der Waals surface area contributed by atoms with Crippen molar-refractivity contribution >= 4 is 23.6 Å². The van der Waals surface area contributed by atoms with Crippen molar-refractivity contribution in [2.24, 2.45) is 16.9 Å². The highest BCUT2D eigenvalue weighted by Crippen LogP contribution is 2.38. The minimum absolute atomic E-state index is 0.194. The van der Waals surface area contributed by atoms with Crippen molar-refractivity contribution in [2.75, 3.05) is 13.1 Å². The van der Waals surface area contributed by atoms with Crippen molar-refractivity contribution in [1.82, 2.24) is 16.0 Å². The number of amides is 4. The third kappa shape index (κ3) is 6.14. The molecule has 1 aromatic rings. The van der Waals surface area contributed by atoms with Crippen LogP contribution in [0.25, 0.3) is 0 Å². The van der Waals surface area contributed by atoms with Crippen LogP contribution in [-0.4, -0.2) is 48.3 Å². The molecule has 0 aromatic heterocycles. The Bertz CT molecular complexity index is 877. The van der Waals surface area contributed by atoms with Gasteiger partial charge in [-0.2, -0.15) is 0 Å². The fourth-order valence-corrected chi connectivity index (χ4v) is 4.99. The SMILES string of the molecule is NC(=O)C1(C(=O)N[C@H](Cc2ccccc2)C(=O)NCCNC(=O)C2(N)CCCCC2)CCCC1. The van der Waals surface area contributed by atoms with Crippen LogP contribution in [-0.2, 0) is 25.6 Å². The Morgan fingerprint density at radius 3 is 2.03 bits per heavy atom. The first-order chi connectivity index (χ1) is 16.3. The lowest BCUT2D eigenvalue weighted by Crippen LogP contribution is -2.57. The molecule has 0 aliphatic heterocycles. The zero-order valence-corrected chi connectivity index (χ0v) is 19.7. The molecule has 0 unspecified atom stereocenters. The second kappa shape index (κ2) is 11.5. The Morgan fingerprint density at radius 1 is 0.824 bits per heavy atom. The molecule has 0 bridgehead atoms. The second-order valence-electron chi connectivity index (χ2n) is 9.63. The van der Waals surface area contributed by atoms with Crippen LogP contribution < -0.4 is 27.4 Å². The van der Waals surface area contributed by atoms with Gasteiger partial charge in [-0.1, -0.05) is 62.4 Å². The van der Waals surface area contributed by atoms with Crippen LogP contribution in [0.3, 0.4) is 0 Å². The standard InChI is InChI=1S/C25H37N5O4/c26-21(32)24(11-7-8-12-24)22(33)30-19(17-18-9-3-1-4-10-18)20(31)28-15-16-29-23(34)25(27)13-5-2-6-14-25/h1,3-4,9-10,19H,2,5-8,11-17,27H2,(H2,26,32)(H,28,31)(H,29,34)(H,30,33)/t19-/m1/s1. The van der Waals surface area contributed by atoms with Gasteiger partial charge in [0.2, 0.25) is 23.6 Å². The van der Waals surface area contributed by atoms with Gasteiger partial charge in [-0.3, -0.25) is 19.2 Å².